The van der Waals surface area contributed by atoms with E-state index in [0.717, 1.165) is 12.3 Å². The number of para-hydroxylation sites is 1. The van der Waals surface area contributed by atoms with E-state index >= 15 is 0 Å². The van der Waals surface area contributed by atoms with Crippen molar-refractivity contribution >= 4 is 5.91 Å². The minimum atomic E-state index is -4.51. The number of ether oxygens (including phenoxy) is 1. The van der Waals surface area contributed by atoms with E-state index in [-0.39, 0.29) is 23.7 Å². The third-order valence-electron chi connectivity index (χ3n) is 2.61. The van der Waals surface area contributed by atoms with Crippen LogP contribution in [0.3, 0.4) is 0 Å². The second-order valence-corrected chi connectivity index (χ2v) is 4.06. The monoisotopic (exact) mass is 300 g/mol. The van der Waals surface area contributed by atoms with Crippen LogP contribution in [0.1, 0.15) is 21.7 Å². The molecule has 0 aliphatic heterocycles. The highest BCUT2D eigenvalue weighted by Crippen LogP contribution is 2.36. The fraction of sp³-hybridized carbons (Fsp3) is 0.154. The number of alkyl halides is 3. The zero-order valence-electron chi connectivity index (χ0n) is 10.6. The predicted octanol–water partition coefficient (Wildman–Crippen LogP) is 2.48. The Morgan fingerprint density at radius 3 is 2.71 bits per heavy atom. The zero-order chi connectivity index (χ0) is 15.5. The van der Waals surface area contributed by atoms with Crippen LogP contribution < -0.4 is 16.0 Å². The second kappa shape index (κ2) is 5.88. The number of nitrogens with two attached hydrogens (primary N) is 1. The SMILES string of the molecule is NNC(=O)c1coc(COc2ccccc2C(F)(F)F)c1. The molecule has 0 bridgehead atoms. The van der Waals surface area contributed by atoms with Gasteiger partial charge in [0.1, 0.15) is 24.4 Å². The Kier molecular flexibility index (Phi) is 4.18. The molecule has 8 heteroatoms. The second-order valence-electron chi connectivity index (χ2n) is 4.06. The third-order valence-corrected chi connectivity index (χ3v) is 2.61. The van der Waals surface area contributed by atoms with E-state index in [1.54, 1.807) is 0 Å². The first-order chi connectivity index (χ1) is 9.91. The maximum absolute atomic E-state index is 12.8. The van der Waals surface area contributed by atoms with E-state index in [0.29, 0.717) is 0 Å². The summed E-state index contributed by atoms with van der Waals surface area (Å²) >= 11 is 0. The lowest BCUT2D eigenvalue weighted by Gasteiger charge is -2.12. The summed E-state index contributed by atoms with van der Waals surface area (Å²) in [6, 6.07) is 6.16. The van der Waals surface area contributed by atoms with Gasteiger partial charge in [0, 0.05) is 0 Å². The van der Waals surface area contributed by atoms with Crippen molar-refractivity contribution in [3.05, 3.63) is 53.5 Å². The first-order valence-corrected chi connectivity index (χ1v) is 5.79. The van der Waals surface area contributed by atoms with Crippen molar-refractivity contribution in [3.63, 3.8) is 0 Å². The summed E-state index contributed by atoms with van der Waals surface area (Å²) in [6.07, 6.45) is -3.37. The topological polar surface area (TPSA) is 77.5 Å². The lowest BCUT2D eigenvalue weighted by Crippen LogP contribution is -2.29. The number of nitrogens with one attached hydrogen (secondary N) is 1. The third kappa shape index (κ3) is 3.54. The van der Waals surface area contributed by atoms with Crippen LogP contribution in [0, 0.1) is 0 Å². The summed E-state index contributed by atoms with van der Waals surface area (Å²) in [5.41, 5.74) is 1.18. The number of carbonyl (C=O) groups is 1. The molecule has 0 fully saturated rings. The van der Waals surface area contributed by atoms with Gasteiger partial charge in [-0.05, 0) is 18.2 Å². The van der Waals surface area contributed by atoms with E-state index in [1.165, 1.54) is 24.3 Å². The van der Waals surface area contributed by atoms with Crippen LogP contribution in [-0.2, 0) is 12.8 Å². The molecule has 1 heterocycles. The van der Waals surface area contributed by atoms with Crippen molar-refractivity contribution < 1.29 is 27.1 Å². The van der Waals surface area contributed by atoms with Gasteiger partial charge < -0.3 is 9.15 Å². The van der Waals surface area contributed by atoms with Gasteiger partial charge in [0.2, 0.25) is 0 Å². The largest absolute Gasteiger partial charge is 0.485 e. The van der Waals surface area contributed by atoms with E-state index in [1.807, 2.05) is 5.43 Å². The summed E-state index contributed by atoms with van der Waals surface area (Å²) < 4.78 is 48.4. The summed E-state index contributed by atoms with van der Waals surface area (Å²) in [5, 5.41) is 0. The predicted molar refractivity (Wildman–Crippen MR) is 66.1 cm³/mol. The average Bonchev–Trinajstić information content (AvgIpc) is 2.92. The maximum Gasteiger partial charge on any atom is 0.419 e. The van der Waals surface area contributed by atoms with Gasteiger partial charge in [0.25, 0.3) is 5.91 Å². The van der Waals surface area contributed by atoms with Gasteiger partial charge in [-0.25, -0.2) is 5.84 Å². The number of hydrazine groups is 1. The molecule has 0 unspecified atom stereocenters. The molecule has 1 amide bonds. The van der Waals surface area contributed by atoms with Gasteiger partial charge in [0.05, 0.1) is 11.1 Å². The molecule has 3 N–H and O–H groups in total. The smallest absolute Gasteiger partial charge is 0.419 e. The standard InChI is InChI=1S/C13H11F3N2O3/c14-13(15,16)10-3-1-2-4-11(10)21-7-9-5-8(6-20-9)12(19)18-17/h1-6H,7,17H2,(H,18,19). The zero-order valence-corrected chi connectivity index (χ0v) is 10.6. The van der Waals surface area contributed by atoms with E-state index in [9.17, 15) is 18.0 Å². The number of hydrogen-bond donors (Lipinski definition) is 2. The van der Waals surface area contributed by atoms with E-state index in [2.05, 4.69) is 0 Å². The first kappa shape index (κ1) is 14.9. The Bertz CT molecular complexity index is 638. The van der Waals surface area contributed by atoms with Crippen molar-refractivity contribution in [2.75, 3.05) is 0 Å². The molecule has 1 aromatic carbocycles. The van der Waals surface area contributed by atoms with E-state index in [4.69, 9.17) is 15.0 Å². The molecule has 0 radical (unpaired) electrons. The Balaban J connectivity index is 2.10. The highest BCUT2D eigenvalue weighted by Gasteiger charge is 2.34. The molecule has 0 saturated carbocycles. The molecular formula is C13H11F3N2O3. The van der Waals surface area contributed by atoms with Crippen LogP contribution in [-0.4, -0.2) is 5.91 Å². The van der Waals surface area contributed by atoms with Gasteiger partial charge in [-0.2, -0.15) is 13.2 Å². The summed E-state index contributed by atoms with van der Waals surface area (Å²) in [5.74, 6) is 4.27. The van der Waals surface area contributed by atoms with Crippen LogP contribution in [0.2, 0.25) is 0 Å². The lowest BCUT2D eigenvalue weighted by atomic mass is 10.2. The van der Waals surface area contributed by atoms with Crippen LogP contribution >= 0.6 is 0 Å². The Morgan fingerprint density at radius 2 is 2.05 bits per heavy atom. The molecule has 1 aromatic heterocycles. The molecular weight excluding hydrogens is 289 g/mol. The number of rotatable bonds is 4. The number of hydrogen-bond acceptors (Lipinski definition) is 4. The lowest BCUT2D eigenvalue weighted by molar-refractivity contribution is -0.139. The fourth-order valence-electron chi connectivity index (χ4n) is 1.63. The molecule has 5 nitrogen and oxygen atoms in total. The molecule has 21 heavy (non-hydrogen) atoms. The molecule has 0 spiro atoms. The van der Waals surface area contributed by atoms with Gasteiger partial charge in [-0.3, -0.25) is 10.2 Å². The Hall–Kier alpha value is -2.48. The van der Waals surface area contributed by atoms with Gasteiger partial charge in [-0.15, -0.1) is 0 Å². The Morgan fingerprint density at radius 1 is 1.33 bits per heavy atom. The quantitative estimate of drug-likeness (QED) is 0.516. The maximum atomic E-state index is 12.8. The number of amides is 1. The minimum absolute atomic E-state index is 0.153. The van der Waals surface area contributed by atoms with Crippen LogP contribution in [0.15, 0.2) is 41.0 Å². The van der Waals surface area contributed by atoms with Gasteiger partial charge in [-0.1, -0.05) is 12.1 Å². The van der Waals surface area contributed by atoms with Crippen molar-refractivity contribution in [1.82, 2.24) is 5.43 Å². The number of carbonyl (C=O) groups excluding carboxylic acids is 1. The fourth-order valence-corrected chi connectivity index (χ4v) is 1.63. The first-order valence-electron chi connectivity index (χ1n) is 5.79. The molecule has 0 saturated heterocycles. The number of benzene rings is 1. The summed E-state index contributed by atoms with van der Waals surface area (Å²) in [6.45, 7) is -0.245. The number of nitrogen functional groups attached to an aromatic ring is 1. The molecule has 2 aromatic rings. The van der Waals surface area contributed by atoms with Crippen LogP contribution in [0.5, 0.6) is 5.75 Å². The van der Waals surface area contributed by atoms with Gasteiger partial charge >= 0.3 is 6.18 Å². The molecule has 0 aliphatic carbocycles. The van der Waals surface area contributed by atoms with Crippen molar-refractivity contribution in [2.24, 2.45) is 5.84 Å². The summed E-state index contributed by atoms with van der Waals surface area (Å²) in [4.78, 5) is 11.2. The van der Waals surface area contributed by atoms with Crippen LogP contribution in [0.25, 0.3) is 0 Å². The number of furan rings is 1. The molecule has 0 aliphatic rings. The average molecular weight is 300 g/mol. The van der Waals surface area contributed by atoms with Crippen molar-refractivity contribution in [1.29, 1.82) is 0 Å². The Labute approximate surface area is 117 Å². The highest BCUT2D eigenvalue weighted by molar-refractivity contribution is 5.93. The van der Waals surface area contributed by atoms with Gasteiger partial charge in [0.15, 0.2) is 0 Å². The highest BCUT2D eigenvalue weighted by atomic mass is 19.4. The molecule has 0 atom stereocenters. The minimum Gasteiger partial charge on any atom is -0.485 e. The van der Waals surface area contributed by atoms with Crippen LogP contribution in [0.4, 0.5) is 13.2 Å². The summed E-state index contributed by atoms with van der Waals surface area (Å²) in [7, 11) is 0. The van der Waals surface area contributed by atoms with Crippen molar-refractivity contribution in [2.45, 2.75) is 12.8 Å². The molecule has 2 rings (SSSR count). The van der Waals surface area contributed by atoms with E-state index < -0.39 is 17.6 Å². The number of halogens is 3. The molecule has 112 valence electrons. The van der Waals surface area contributed by atoms with Crippen molar-refractivity contribution in [3.8, 4) is 5.75 Å². The normalized spacial score (nSPS) is 11.2.